The van der Waals surface area contributed by atoms with Crippen molar-refractivity contribution in [2.24, 2.45) is 35.0 Å². The fourth-order valence-electron chi connectivity index (χ4n) is 7.08. The molecular formula is C21H38N2. The van der Waals surface area contributed by atoms with Crippen LogP contribution in [0.1, 0.15) is 71.6 Å². The molecule has 0 aliphatic heterocycles. The molecule has 5 rings (SSSR count). The normalized spacial score (nSPS) is 48.8. The lowest BCUT2D eigenvalue weighted by atomic mass is 9.49. The Kier molecular flexibility index (Phi) is 4.75. The Balaban J connectivity index is 1.18. The first-order chi connectivity index (χ1) is 11.1. The summed E-state index contributed by atoms with van der Waals surface area (Å²) < 4.78 is 0. The lowest BCUT2D eigenvalue weighted by molar-refractivity contribution is -0.0511. The van der Waals surface area contributed by atoms with E-state index in [-0.39, 0.29) is 0 Å². The van der Waals surface area contributed by atoms with E-state index in [2.05, 4.69) is 24.5 Å². The van der Waals surface area contributed by atoms with Crippen molar-refractivity contribution in [1.82, 2.24) is 10.6 Å². The molecule has 0 spiro atoms. The van der Waals surface area contributed by atoms with Gasteiger partial charge in [0.2, 0.25) is 0 Å². The fraction of sp³-hybridized carbons (Fsp3) is 1.00. The van der Waals surface area contributed by atoms with Crippen molar-refractivity contribution < 1.29 is 0 Å². The summed E-state index contributed by atoms with van der Waals surface area (Å²) >= 11 is 0. The standard InChI is InChI=1S/C21H38N2/c1-15-4-3-5-20(16(15)2)23-7-6-22-14-21-11-17-8-18(12-21)10-19(9-17)13-21/h15-20,22-23H,3-14H2,1-2H3. The van der Waals surface area contributed by atoms with Crippen LogP contribution < -0.4 is 10.6 Å². The van der Waals surface area contributed by atoms with Crippen LogP contribution in [0.5, 0.6) is 0 Å². The third kappa shape index (κ3) is 3.49. The first kappa shape index (κ1) is 16.4. The predicted molar refractivity (Wildman–Crippen MR) is 97.4 cm³/mol. The Morgan fingerprint density at radius 3 is 2.17 bits per heavy atom. The first-order valence-corrected chi connectivity index (χ1v) is 10.6. The fourth-order valence-corrected chi connectivity index (χ4v) is 7.08. The van der Waals surface area contributed by atoms with Crippen molar-refractivity contribution in [3.05, 3.63) is 0 Å². The summed E-state index contributed by atoms with van der Waals surface area (Å²) in [7, 11) is 0. The van der Waals surface area contributed by atoms with Crippen LogP contribution in [0.15, 0.2) is 0 Å². The van der Waals surface area contributed by atoms with E-state index >= 15 is 0 Å². The monoisotopic (exact) mass is 318 g/mol. The quantitative estimate of drug-likeness (QED) is 0.717. The van der Waals surface area contributed by atoms with Gasteiger partial charge in [-0.25, -0.2) is 0 Å². The molecule has 3 unspecified atom stereocenters. The minimum absolute atomic E-state index is 0.696. The van der Waals surface area contributed by atoms with Crippen LogP contribution in [0.4, 0.5) is 0 Å². The van der Waals surface area contributed by atoms with Crippen molar-refractivity contribution in [3.63, 3.8) is 0 Å². The van der Waals surface area contributed by atoms with Crippen molar-refractivity contribution in [1.29, 1.82) is 0 Å². The van der Waals surface area contributed by atoms with Crippen LogP contribution in [0.2, 0.25) is 0 Å². The molecule has 5 saturated carbocycles. The minimum Gasteiger partial charge on any atom is -0.315 e. The molecule has 5 aliphatic rings. The van der Waals surface area contributed by atoms with E-state index in [1.165, 1.54) is 51.6 Å². The summed E-state index contributed by atoms with van der Waals surface area (Å²) in [5.74, 6) is 5.02. The molecule has 0 aromatic heterocycles. The second kappa shape index (κ2) is 6.67. The van der Waals surface area contributed by atoms with Crippen molar-refractivity contribution >= 4 is 0 Å². The zero-order chi connectivity index (χ0) is 15.9. The van der Waals surface area contributed by atoms with Gasteiger partial charge in [-0.05, 0) is 80.0 Å². The van der Waals surface area contributed by atoms with Gasteiger partial charge in [-0.3, -0.25) is 0 Å². The summed E-state index contributed by atoms with van der Waals surface area (Å²) in [6.07, 6.45) is 13.6. The van der Waals surface area contributed by atoms with Gasteiger partial charge in [-0.15, -0.1) is 0 Å². The van der Waals surface area contributed by atoms with Crippen LogP contribution in [0.3, 0.4) is 0 Å². The van der Waals surface area contributed by atoms with Gasteiger partial charge >= 0.3 is 0 Å². The molecule has 2 N–H and O–H groups in total. The molecule has 3 atom stereocenters. The minimum atomic E-state index is 0.696. The van der Waals surface area contributed by atoms with Crippen LogP contribution in [0.25, 0.3) is 0 Å². The van der Waals surface area contributed by atoms with Crippen LogP contribution >= 0.6 is 0 Å². The molecule has 0 aromatic carbocycles. The number of nitrogens with one attached hydrogen (secondary N) is 2. The summed E-state index contributed by atoms with van der Waals surface area (Å²) in [6, 6.07) is 0.764. The van der Waals surface area contributed by atoms with E-state index in [9.17, 15) is 0 Å². The maximum absolute atomic E-state index is 3.85. The highest BCUT2D eigenvalue weighted by Crippen LogP contribution is 2.59. The molecule has 2 nitrogen and oxygen atoms in total. The molecule has 0 heterocycles. The summed E-state index contributed by atoms with van der Waals surface area (Å²) in [6.45, 7) is 8.51. The van der Waals surface area contributed by atoms with E-state index in [4.69, 9.17) is 0 Å². The van der Waals surface area contributed by atoms with E-state index in [1.807, 2.05) is 0 Å². The van der Waals surface area contributed by atoms with Gasteiger partial charge in [0.15, 0.2) is 0 Å². The maximum atomic E-state index is 3.85. The van der Waals surface area contributed by atoms with Gasteiger partial charge in [0.25, 0.3) is 0 Å². The molecule has 0 saturated heterocycles. The van der Waals surface area contributed by atoms with Crippen LogP contribution in [-0.4, -0.2) is 25.7 Å². The molecule has 132 valence electrons. The zero-order valence-electron chi connectivity index (χ0n) is 15.4. The molecule has 5 aliphatic carbocycles. The van der Waals surface area contributed by atoms with E-state index in [0.717, 1.165) is 42.2 Å². The Morgan fingerprint density at radius 1 is 0.870 bits per heavy atom. The summed E-state index contributed by atoms with van der Waals surface area (Å²) in [4.78, 5) is 0. The molecule has 0 radical (unpaired) electrons. The largest absolute Gasteiger partial charge is 0.315 e. The van der Waals surface area contributed by atoms with Gasteiger partial charge in [0.1, 0.15) is 0 Å². The van der Waals surface area contributed by atoms with Gasteiger partial charge < -0.3 is 10.6 Å². The van der Waals surface area contributed by atoms with Crippen LogP contribution in [0, 0.1) is 35.0 Å². The molecule has 0 amide bonds. The van der Waals surface area contributed by atoms with Crippen molar-refractivity contribution in [3.8, 4) is 0 Å². The highest BCUT2D eigenvalue weighted by Gasteiger charge is 2.50. The van der Waals surface area contributed by atoms with Gasteiger partial charge in [0, 0.05) is 25.7 Å². The molecule has 5 fully saturated rings. The second-order valence-electron chi connectivity index (χ2n) is 9.92. The van der Waals surface area contributed by atoms with E-state index in [1.54, 1.807) is 19.3 Å². The lowest BCUT2D eigenvalue weighted by Gasteiger charge is -2.57. The van der Waals surface area contributed by atoms with Crippen molar-refractivity contribution in [2.45, 2.75) is 77.7 Å². The Hall–Kier alpha value is -0.0800. The van der Waals surface area contributed by atoms with Crippen molar-refractivity contribution in [2.75, 3.05) is 19.6 Å². The highest BCUT2D eigenvalue weighted by molar-refractivity contribution is 5.02. The van der Waals surface area contributed by atoms with Crippen LogP contribution in [-0.2, 0) is 0 Å². The Morgan fingerprint density at radius 2 is 1.52 bits per heavy atom. The number of hydrogen-bond donors (Lipinski definition) is 2. The number of rotatable bonds is 6. The second-order valence-corrected chi connectivity index (χ2v) is 9.92. The highest BCUT2D eigenvalue weighted by atomic mass is 15.0. The Bertz CT molecular complexity index is 369. The average Bonchev–Trinajstić information content (AvgIpc) is 2.49. The van der Waals surface area contributed by atoms with E-state index in [0.29, 0.717) is 5.41 Å². The van der Waals surface area contributed by atoms with Gasteiger partial charge in [-0.2, -0.15) is 0 Å². The Labute approximate surface area is 143 Å². The van der Waals surface area contributed by atoms with E-state index < -0.39 is 0 Å². The SMILES string of the molecule is CC1CCCC(NCCNCC23CC4CC(CC(C4)C2)C3)C1C. The first-order valence-electron chi connectivity index (χ1n) is 10.6. The lowest BCUT2D eigenvalue weighted by Crippen LogP contribution is -2.51. The summed E-state index contributed by atoms with van der Waals surface area (Å²) in [5, 5.41) is 7.69. The number of hydrogen-bond acceptors (Lipinski definition) is 2. The maximum Gasteiger partial charge on any atom is 0.00957 e. The van der Waals surface area contributed by atoms with Gasteiger partial charge in [-0.1, -0.05) is 26.7 Å². The third-order valence-electron chi connectivity index (χ3n) is 8.08. The molecule has 2 heteroatoms. The zero-order valence-corrected chi connectivity index (χ0v) is 15.4. The topological polar surface area (TPSA) is 24.1 Å². The predicted octanol–water partition coefficient (Wildman–Crippen LogP) is 4.21. The van der Waals surface area contributed by atoms with Gasteiger partial charge in [0.05, 0.1) is 0 Å². The molecule has 0 aromatic rings. The average molecular weight is 319 g/mol. The molecule has 23 heavy (non-hydrogen) atoms. The smallest absolute Gasteiger partial charge is 0.00957 e. The molecule has 4 bridgehead atoms. The summed E-state index contributed by atoms with van der Waals surface area (Å²) in [5.41, 5.74) is 0.696. The molecular weight excluding hydrogens is 280 g/mol. The third-order valence-corrected chi connectivity index (χ3v) is 8.08.